The molecule has 0 spiro atoms. The largest absolute Gasteiger partial charge is 0.573 e. The smallest absolute Gasteiger partial charge is 0.475 e. The lowest BCUT2D eigenvalue weighted by molar-refractivity contribution is -0.274. The number of rotatable bonds is 8. The van der Waals surface area contributed by atoms with Crippen molar-refractivity contribution in [3.63, 3.8) is 0 Å². The minimum Gasteiger partial charge on any atom is -0.475 e. The van der Waals surface area contributed by atoms with Gasteiger partial charge in [0.25, 0.3) is 5.56 Å². The molecular weight excluding hydrogens is 642 g/mol. The van der Waals surface area contributed by atoms with Crippen molar-refractivity contribution in [2.45, 2.75) is 61.6 Å². The molecule has 1 amide bonds. The first kappa shape index (κ1) is 34.7. The van der Waals surface area contributed by atoms with Crippen LogP contribution in [0.4, 0.5) is 32.0 Å². The van der Waals surface area contributed by atoms with Crippen LogP contribution in [0.15, 0.2) is 64.5 Å². The molecule has 0 unspecified atom stereocenters. The van der Waals surface area contributed by atoms with E-state index in [0.717, 1.165) is 24.2 Å². The lowest BCUT2D eigenvalue weighted by atomic mass is 10.0. The highest BCUT2D eigenvalue weighted by Gasteiger charge is 2.38. The Labute approximate surface area is 263 Å². The first-order valence-electron chi connectivity index (χ1n) is 14.1. The molecule has 2 aliphatic rings. The van der Waals surface area contributed by atoms with Crippen LogP contribution in [0.3, 0.4) is 0 Å². The van der Waals surface area contributed by atoms with E-state index in [1.165, 1.54) is 30.7 Å². The summed E-state index contributed by atoms with van der Waals surface area (Å²) in [6.07, 6.45) is -5.68. The Morgan fingerprint density at radius 1 is 1.04 bits per heavy atom. The molecule has 0 atom stereocenters. The number of thioether (sulfide) groups is 1. The van der Waals surface area contributed by atoms with E-state index < -0.39 is 18.5 Å². The van der Waals surface area contributed by atoms with Gasteiger partial charge in [0.1, 0.15) is 5.75 Å². The first-order chi connectivity index (χ1) is 21.6. The highest BCUT2D eigenvalue weighted by atomic mass is 32.2. The van der Waals surface area contributed by atoms with Gasteiger partial charge in [0.2, 0.25) is 5.91 Å². The highest BCUT2D eigenvalue weighted by molar-refractivity contribution is 7.99. The lowest BCUT2D eigenvalue weighted by Gasteiger charge is -2.31. The fraction of sp³-hybridized carbons (Fsp3) is 0.400. The monoisotopic (exact) mass is 672 g/mol. The van der Waals surface area contributed by atoms with Crippen molar-refractivity contribution in [3.05, 3.63) is 76.2 Å². The van der Waals surface area contributed by atoms with Crippen LogP contribution in [0.2, 0.25) is 0 Å². The van der Waals surface area contributed by atoms with Crippen molar-refractivity contribution in [2.75, 3.05) is 25.0 Å². The number of alkyl halides is 6. The maximum atomic E-state index is 13.7. The summed E-state index contributed by atoms with van der Waals surface area (Å²) in [5, 5.41) is 8.31. The van der Waals surface area contributed by atoms with Crippen molar-refractivity contribution >= 4 is 29.3 Å². The van der Waals surface area contributed by atoms with Gasteiger partial charge >= 0.3 is 18.5 Å². The maximum Gasteiger partial charge on any atom is 0.573 e. The summed E-state index contributed by atoms with van der Waals surface area (Å²) < 4.78 is 74.5. The number of benzene rings is 2. The zero-order valence-corrected chi connectivity index (χ0v) is 25.3. The van der Waals surface area contributed by atoms with Gasteiger partial charge in [-0.1, -0.05) is 36.4 Å². The number of carbonyl (C=O) groups excluding carboxylic acids is 1. The Hall–Kier alpha value is -4.21. The van der Waals surface area contributed by atoms with Gasteiger partial charge < -0.3 is 19.6 Å². The molecule has 5 rings (SSSR count). The molecule has 1 aliphatic heterocycles. The average Bonchev–Trinajstić information content (AvgIpc) is 2.97. The molecule has 0 bridgehead atoms. The number of aromatic nitrogens is 2. The number of hydrogen-bond donors (Lipinski definition) is 1. The molecule has 3 aromatic rings. The van der Waals surface area contributed by atoms with Crippen LogP contribution in [0.5, 0.6) is 5.75 Å². The fourth-order valence-electron chi connectivity index (χ4n) is 4.64. The number of hydrogen-bond acceptors (Lipinski definition) is 7. The molecule has 0 radical (unpaired) electrons. The summed E-state index contributed by atoms with van der Waals surface area (Å²) in [6.45, 7) is 1.05. The Kier molecular flexibility index (Phi) is 10.9. The van der Waals surface area contributed by atoms with Gasteiger partial charge in [0.05, 0.1) is 23.5 Å². The number of ether oxygens (including phenoxy) is 1. The van der Waals surface area contributed by atoms with Crippen molar-refractivity contribution in [1.82, 2.24) is 14.5 Å². The highest BCUT2D eigenvalue weighted by Crippen LogP contribution is 2.36. The summed E-state index contributed by atoms with van der Waals surface area (Å²) in [4.78, 5) is 44.1. The second-order valence-electron chi connectivity index (χ2n) is 10.5. The van der Waals surface area contributed by atoms with E-state index in [4.69, 9.17) is 14.9 Å². The number of carboxylic acid groups (broad SMARTS) is 1. The van der Waals surface area contributed by atoms with E-state index in [1.54, 1.807) is 33.2 Å². The molecule has 1 aliphatic carbocycles. The van der Waals surface area contributed by atoms with Crippen LogP contribution in [0.25, 0.3) is 5.69 Å². The fourth-order valence-corrected chi connectivity index (χ4v) is 5.97. The number of amides is 1. The summed E-state index contributed by atoms with van der Waals surface area (Å²) in [5.41, 5.74) is 2.59. The van der Waals surface area contributed by atoms with Crippen LogP contribution < -0.4 is 15.2 Å². The van der Waals surface area contributed by atoms with Crippen LogP contribution in [0.1, 0.15) is 36.9 Å². The molecule has 46 heavy (non-hydrogen) atoms. The lowest BCUT2D eigenvalue weighted by Crippen LogP contribution is -2.42. The minimum absolute atomic E-state index is 0.0943. The van der Waals surface area contributed by atoms with E-state index in [-0.39, 0.29) is 30.2 Å². The van der Waals surface area contributed by atoms with E-state index >= 15 is 0 Å². The zero-order valence-electron chi connectivity index (χ0n) is 24.5. The number of carboxylic acids is 1. The molecule has 248 valence electrons. The average molecular weight is 673 g/mol. The SMILES string of the molecule is CN(CCC(=O)N1CCc2nc(SC3CCC3)n(-c3ccccc3)c(=O)c2C1)c1ccc(OC(F)(F)F)cc1.O=C(O)C(F)(F)F. The van der Waals surface area contributed by atoms with Crippen molar-refractivity contribution in [2.24, 2.45) is 0 Å². The Morgan fingerprint density at radius 2 is 1.67 bits per heavy atom. The van der Waals surface area contributed by atoms with Gasteiger partial charge in [0.15, 0.2) is 5.16 Å². The number of fused-ring (bicyclic) bond motifs is 1. The summed E-state index contributed by atoms with van der Waals surface area (Å²) in [5.74, 6) is -3.15. The Balaban J connectivity index is 0.000000617. The molecule has 2 heterocycles. The standard InChI is InChI=1S/C28H29F3N4O3S.C2HF3O2/c1-33(19-10-12-21(13-11-19)38-28(29,30)31)16-15-25(36)34-17-14-24-23(18-34)26(37)35(20-6-3-2-4-7-20)27(32-24)39-22-8-5-9-22;3-2(4,5)1(6)7/h2-4,6-7,10-13,22H,5,8-9,14-18H2,1H3;(H,6,7). The van der Waals surface area contributed by atoms with E-state index in [9.17, 15) is 35.9 Å². The third kappa shape index (κ3) is 9.17. The normalized spacial score (nSPS) is 14.8. The summed E-state index contributed by atoms with van der Waals surface area (Å²) in [7, 11) is 1.77. The molecule has 1 saturated carbocycles. The molecule has 1 aromatic heterocycles. The number of halogens is 6. The van der Waals surface area contributed by atoms with Crippen molar-refractivity contribution < 1.29 is 45.8 Å². The molecule has 1 N–H and O–H groups in total. The predicted molar refractivity (Wildman–Crippen MR) is 157 cm³/mol. The van der Waals surface area contributed by atoms with Crippen LogP contribution in [-0.2, 0) is 22.6 Å². The number of nitrogens with zero attached hydrogens (tertiary/aromatic N) is 4. The van der Waals surface area contributed by atoms with Crippen LogP contribution >= 0.6 is 11.8 Å². The molecular formula is C30H30F6N4O5S. The predicted octanol–water partition coefficient (Wildman–Crippen LogP) is 5.82. The van der Waals surface area contributed by atoms with Gasteiger partial charge in [-0.15, -0.1) is 13.2 Å². The molecule has 2 aromatic carbocycles. The minimum atomic E-state index is -5.08. The van der Waals surface area contributed by atoms with E-state index in [1.807, 2.05) is 30.3 Å². The number of carbonyl (C=O) groups is 2. The van der Waals surface area contributed by atoms with Crippen molar-refractivity contribution in [1.29, 1.82) is 0 Å². The number of anilines is 1. The van der Waals surface area contributed by atoms with Crippen LogP contribution in [-0.4, -0.2) is 69.4 Å². The molecule has 9 nitrogen and oxygen atoms in total. The van der Waals surface area contributed by atoms with Gasteiger partial charge in [-0.2, -0.15) is 13.2 Å². The Morgan fingerprint density at radius 3 is 2.22 bits per heavy atom. The van der Waals surface area contributed by atoms with Gasteiger partial charge in [-0.3, -0.25) is 14.2 Å². The van der Waals surface area contributed by atoms with Gasteiger partial charge in [0, 0.05) is 43.9 Å². The van der Waals surface area contributed by atoms with Gasteiger partial charge in [-0.25, -0.2) is 9.78 Å². The molecule has 16 heteroatoms. The maximum absolute atomic E-state index is 13.7. The number of para-hydroxylation sites is 1. The first-order valence-corrected chi connectivity index (χ1v) is 15.0. The molecule has 0 saturated heterocycles. The van der Waals surface area contributed by atoms with E-state index in [2.05, 4.69) is 4.74 Å². The summed E-state index contributed by atoms with van der Waals surface area (Å²) >= 11 is 1.66. The molecule has 1 fully saturated rings. The van der Waals surface area contributed by atoms with Gasteiger partial charge in [-0.05, 0) is 49.2 Å². The third-order valence-corrected chi connectivity index (χ3v) is 8.59. The zero-order chi connectivity index (χ0) is 33.6. The van der Waals surface area contributed by atoms with E-state index in [0.29, 0.717) is 41.2 Å². The summed E-state index contributed by atoms with van der Waals surface area (Å²) in [6, 6.07) is 15.0. The quantitative estimate of drug-likeness (QED) is 0.236. The third-order valence-electron chi connectivity index (χ3n) is 7.31. The Bertz CT molecular complexity index is 1580. The number of aliphatic carboxylic acids is 1. The topological polar surface area (TPSA) is 105 Å². The second kappa shape index (κ2) is 14.5. The van der Waals surface area contributed by atoms with Crippen molar-refractivity contribution in [3.8, 4) is 11.4 Å². The second-order valence-corrected chi connectivity index (χ2v) is 11.8. The van der Waals surface area contributed by atoms with Crippen LogP contribution in [0, 0.1) is 0 Å².